The molecular formula is C29H28F3N3O5. The Labute approximate surface area is 228 Å². The lowest BCUT2D eigenvalue weighted by Gasteiger charge is -2.22. The Kier molecular flexibility index (Phi) is 10.4. The van der Waals surface area contributed by atoms with Gasteiger partial charge in [0.2, 0.25) is 0 Å². The maximum Gasteiger partial charge on any atom is 0.472 e. The molecule has 0 radical (unpaired) electrons. The molecule has 0 saturated carbocycles. The summed E-state index contributed by atoms with van der Waals surface area (Å²) >= 11 is 0. The molecule has 2 atom stereocenters. The van der Waals surface area contributed by atoms with Crippen molar-refractivity contribution >= 4 is 23.7 Å². The van der Waals surface area contributed by atoms with Crippen molar-refractivity contribution in [3.05, 3.63) is 96.1 Å². The third kappa shape index (κ3) is 9.26. The standard InChI is InChI=1S/C29H28F3N3O5/c1-19(27(38)40-18-21-8-4-2-5-9-21)16-24(33-25(36)26(37)34-35-28(39)29(30,31)32)17-20-12-14-23(15-13-20)22-10-6-3-7-11-22/h2-15,19,24H,16-18H2,1H3,(H,33,36)(H,34,37)(H,35,39)/t19-,24?/m1/s1. The van der Waals surface area contributed by atoms with Crippen molar-refractivity contribution in [1.82, 2.24) is 16.2 Å². The van der Waals surface area contributed by atoms with E-state index in [0.717, 1.165) is 27.7 Å². The summed E-state index contributed by atoms with van der Waals surface area (Å²) in [6.07, 6.45) is -4.96. The summed E-state index contributed by atoms with van der Waals surface area (Å²) in [6.45, 7) is 1.66. The fourth-order valence-corrected chi connectivity index (χ4v) is 3.83. The molecule has 210 valence electrons. The molecule has 1 unspecified atom stereocenters. The molecule has 0 spiro atoms. The first kappa shape index (κ1) is 29.9. The van der Waals surface area contributed by atoms with Crippen LogP contribution in [0.5, 0.6) is 0 Å². The molecule has 3 aromatic rings. The van der Waals surface area contributed by atoms with Crippen LogP contribution in [0.2, 0.25) is 0 Å². The van der Waals surface area contributed by atoms with E-state index in [9.17, 15) is 32.3 Å². The first-order valence-corrected chi connectivity index (χ1v) is 12.4. The highest BCUT2D eigenvalue weighted by molar-refractivity contribution is 6.35. The zero-order valence-electron chi connectivity index (χ0n) is 21.5. The summed E-state index contributed by atoms with van der Waals surface area (Å²) < 4.78 is 42.5. The summed E-state index contributed by atoms with van der Waals surface area (Å²) in [5.74, 6) is -6.42. The molecule has 11 heteroatoms. The Balaban J connectivity index is 1.67. The SMILES string of the molecule is C[C@H](CC(Cc1ccc(-c2ccccc2)cc1)NC(=O)C(=O)NNC(=O)C(F)(F)F)C(=O)OCc1ccccc1. The van der Waals surface area contributed by atoms with Crippen molar-refractivity contribution in [2.24, 2.45) is 5.92 Å². The van der Waals surface area contributed by atoms with Gasteiger partial charge in [0.15, 0.2) is 0 Å². The van der Waals surface area contributed by atoms with E-state index >= 15 is 0 Å². The summed E-state index contributed by atoms with van der Waals surface area (Å²) in [5.41, 5.74) is 6.12. The Morgan fingerprint density at radius 3 is 1.93 bits per heavy atom. The molecule has 3 rings (SSSR count). The number of hydrazine groups is 1. The van der Waals surface area contributed by atoms with Crippen molar-refractivity contribution < 1.29 is 37.1 Å². The minimum absolute atomic E-state index is 0.0588. The predicted octanol–water partition coefficient (Wildman–Crippen LogP) is 3.86. The highest BCUT2D eigenvalue weighted by Crippen LogP contribution is 2.21. The number of esters is 1. The lowest BCUT2D eigenvalue weighted by atomic mass is 9.95. The van der Waals surface area contributed by atoms with Crippen LogP contribution in [-0.4, -0.2) is 35.9 Å². The van der Waals surface area contributed by atoms with E-state index < -0.39 is 41.8 Å². The number of nitrogens with one attached hydrogen (secondary N) is 3. The highest BCUT2D eigenvalue weighted by Gasteiger charge is 2.39. The number of carbonyl (C=O) groups excluding carboxylic acids is 4. The van der Waals surface area contributed by atoms with E-state index in [1.807, 2.05) is 72.8 Å². The van der Waals surface area contributed by atoms with Gasteiger partial charge < -0.3 is 10.1 Å². The van der Waals surface area contributed by atoms with E-state index in [-0.39, 0.29) is 19.4 Å². The molecule has 0 heterocycles. The monoisotopic (exact) mass is 555 g/mol. The van der Waals surface area contributed by atoms with Crippen LogP contribution in [0, 0.1) is 5.92 Å². The minimum atomic E-state index is -5.24. The maximum absolute atomic E-state index is 12.6. The van der Waals surface area contributed by atoms with Gasteiger partial charge in [0.1, 0.15) is 6.61 Å². The van der Waals surface area contributed by atoms with Gasteiger partial charge in [0, 0.05) is 6.04 Å². The summed E-state index contributed by atoms with van der Waals surface area (Å²) in [7, 11) is 0. The smallest absolute Gasteiger partial charge is 0.461 e. The number of rotatable bonds is 9. The third-order valence-corrected chi connectivity index (χ3v) is 5.90. The number of hydrogen-bond donors (Lipinski definition) is 3. The first-order valence-electron chi connectivity index (χ1n) is 12.4. The number of halogens is 3. The molecule has 3 aromatic carbocycles. The normalized spacial score (nSPS) is 12.5. The molecule has 3 amide bonds. The van der Waals surface area contributed by atoms with Gasteiger partial charge in [-0.15, -0.1) is 0 Å². The lowest BCUT2D eigenvalue weighted by molar-refractivity contribution is -0.175. The first-order chi connectivity index (χ1) is 19.0. The van der Waals surface area contributed by atoms with Gasteiger partial charge in [-0.2, -0.15) is 13.2 Å². The average molecular weight is 556 g/mol. The van der Waals surface area contributed by atoms with Crippen LogP contribution in [0.15, 0.2) is 84.9 Å². The molecule has 0 fully saturated rings. The Bertz CT molecular complexity index is 1300. The second-order valence-electron chi connectivity index (χ2n) is 9.07. The highest BCUT2D eigenvalue weighted by atomic mass is 19.4. The van der Waals surface area contributed by atoms with Gasteiger partial charge in [0.05, 0.1) is 5.92 Å². The number of benzene rings is 3. The molecular weight excluding hydrogens is 527 g/mol. The molecule has 0 bridgehead atoms. The second-order valence-corrected chi connectivity index (χ2v) is 9.07. The fraction of sp³-hybridized carbons (Fsp3) is 0.241. The van der Waals surface area contributed by atoms with Crippen molar-refractivity contribution in [3.63, 3.8) is 0 Å². The van der Waals surface area contributed by atoms with Crippen LogP contribution >= 0.6 is 0 Å². The predicted molar refractivity (Wildman–Crippen MR) is 140 cm³/mol. The Hall–Kier alpha value is -4.67. The average Bonchev–Trinajstić information content (AvgIpc) is 2.95. The third-order valence-electron chi connectivity index (χ3n) is 5.90. The van der Waals surface area contributed by atoms with Crippen LogP contribution in [0.25, 0.3) is 11.1 Å². The van der Waals surface area contributed by atoms with Crippen LogP contribution < -0.4 is 16.2 Å². The van der Waals surface area contributed by atoms with Crippen LogP contribution in [-0.2, 0) is 36.9 Å². The summed E-state index contributed by atoms with van der Waals surface area (Å²) in [5, 5.41) is 2.44. The van der Waals surface area contributed by atoms with Gasteiger partial charge in [-0.3, -0.25) is 30.0 Å². The molecule has 40 heavy (non-hydrogen) atoms. The molecule has 0 aromatic heterocycles. The van der Waals surface area contributed by atoms with Crippen LogP contribution in [0.3, 0.4) is 0 Å². The van der Waals surface area contributed by atoms with Crippen molar-refractivity contribution in [2.45, 2.75) is 38.6 Å². The zero-order valence-corrected chi connectivity index (χ0v) is 21.5. The topological polar surface area (TPSA) is 114 Å². The van der Waals surface area contributed by atoms with Gasteiger partial charge >= 0.3 is 29.9 Å². The molecule has 3 N–H and O–H groups in total. The molecule has 8 nitrogen and oxygen atoms in total. The maximum atomic E-state index is 12.6. The summed E-state index contributed by atoms with van der Waals surface area (Å²) in [6, 6.07) is 25.4. The van der Waals surface area contributed by atoms with Gasteiger partial charge in [-0.25, -0.2) is 0 Å². The van der Waals surface area contributed by atoms with Crippen molar-refractivity contribution in [1.29, 1.82) is 0 Å². The number of ether oxygens (including phenoxy) is 1. The Morgan fingerprint density at radius 2 is 1.32 bits per heavy atom. The quantitative estimate of drug-likeness (QED) is 0.211. The zero-order chi connectivity index (χ0) is 29.1. The van der Waals surface area contributed by atoms with Crippen LogP contribution in [0.4, 0.5) is 13.2 Å². The van der Waals surface area contributed by atoms with E-state index in [1.165, 1.54) is 5.43 Å². The number of hydrogen-bond acceptors (Lipinski definition) is 5. The molecule has 0 aliphatic rings. The van der Waals surface area contributed by atoms with Crippen LogP contribution in [0.1, 0.15) is 24.5 Å². The number of alkyl halides is 3. The molecule has 0 aliphatic carbocycles. The van der Waals surface area contributed by atoms with E-state index in [4.69, 9.17) is 4.74 Å². The largest absolute Gasteiger partial charge is 0.472 e. The Morgan fingerprint density at radius 1 is 0.750 bits per heavy atom. The fourth-order valence-electron chi connectivity index (χ4n) is 3.83. The molecule has 0 saturated heterocycles. The second kappa shape index (κ2) is 13.9. The van der Waals surface area contributed by atoms with Crippen molar-refractivity contribution in [2.75, 3.05) is 0 Å². The lowest BCUT2D eigenvalue weighted by Crippen LogP contribution is -2.53. The van der Waals surface area contributed by atoms with Crippen molar-refractivity contribution in [3.8, 4) is 11.1 Å². The number of amides is 3. The number of carbonyl (C=O) groups is 4. The molecule has 0 aliphatic heterocycles. The summed E-state index contributed by atoms with van der Waals surface area (Å²) in [4.78, 5) is 48.0. The van der Waals surface area contributed by atoms with E-state index in [2.05, 4.69) is 5.32 Å². The van der Waals surface area contributed by atoms with Gasteiger partial charge in [0.25, 0.3) is 0 Å². The van der Waals surface area contributed by atoms with Gasteiger partial charge in [-0.1, -0.05) is 91.9 Å². The van der Waals surface area contributed by atoms with Gasteiger partial charge in [-0.05, 0) is 35.1 Å². The van der Waals surface area contributed by atoms with E-state index in [0.29, 0.717) is 0 Å². The van der Waals surface area contributed by atoms with E-state index in [1.54, 1.807) is 19.1 Å². The minimum Gasteiger partial charge on any atom is -0.461 e.